The normalized spacial score (nSPS) is 18.8. The Morgan fingerprint density at radius 3 is 2.50 bits per heavy atom. The third-order valence-electron chi connectivity index (χ3n) is 6.77. The van der Waals surface area contributed by atoms with Crippen molar-refractivity contribution in [2.75, 3.05) is 31.5 Å². The third kappa shape index (κ3) is 6.42. The van der Waals surface area contributed by atoms with Gasteiger partial charge in [0.25, 0.3) is 0 Å². The van der Waals surface area contributed by atoms with Gasteiger partial charge in [-0.1, -0.05) is 42.5 Å². The highest BCUT2D eigenvalue weighted by molar-refractivity contribution is 5.94. The van der Waals surface area contributed by atoms with Crippen LogP contribution >= 0.6 is 0 Å². The van der Waals surface area contributed by atoms with Crippen LogP contribution in [-0.4, -0.2) is 54.2 Å². The number of rotatable bonds is 8. The Bertz CT molecular complexity index is 1130. The summed E-state index contributed by atoms with van der Waals surface area (Å²) in [6.45, 7) is 5.18. The maximum atomic E-state index is 12.4. The Labute approximate surface area is 210 Å². The second kappa shape index (κ2) is 11.7. The van der Waals surface area contributed by atoms with Gasteiger partial charge < -0.3 is 31.3 Å². The topological polar surface area (TPSA) is 123 Å². The molecule has 0 bridgehead atoms. The first-order valence-corrected chi connectivity index (χ1v) is 12.3. The number of hydrogen-bond acceptors (Lipinski definition) is 4. The molecule has 0 aliphatic carbocycles. The molecule has 1 saturated heterocycles. The van der Waals surface area contributed by atoms with E-state index in [0.717, 1.165) is 38.9 Å². The average Bonchev–Trinajstić information content (AvgIpc) is 2.87. The second-order valence-electron chi connectivity index (χ2n) is 9.26. The Morgan fingerprint density at radius 2 is 1.78 bits per heavy atom. The number of likely N-dealkylation sites (tertiary alicyclic amines) is 1. The molecule has 1 fully saturated rings. The van der Waals surface area contributed by atoms with Crippen LogP contribution in [0.3, 0.4) is 0 Å². The van der Waals surface area contributed by atoms with E-state index in [1.54, 1.807) is 31.2 Å². The van der Waals surface area contributed by atoms with E-state index in [1.165, 1.54) is 5.56 Å². The Hall–Kier alpha value is -3.85. The van der Waals surface area contributed by atoms with Crippen LogP contribution in [0.4, 0.5) is 15.3 Å². The fourth-order valence-corrected chi connectivity index (χ4v) is 4.92. The zero-order valence-corrected chi connectivity index (χ0v) is 20.4. The Kier molecular flexibility index (Phi) is 8.22. The highest BCUT2D eigenvalue weighted by Gasteiger charge is 2.31. The maximum Gasteiger partial charge on any atom is 0.335 e. The number of carboxylic acid groups (broad SMARTS) is 1. The molecule has 2 aliphatic heterocycles. The van der Waals surface area contributed by atoms with Crippen LogP contribution in [0.5, 0.6) is 0 Å². The van der Waals surface area contributed by atoms with E-state index in [-0.39, 0.29) is 17.3 Å². The van der Waals surface area contributed by atoms with Crippen molar-refractivity contribution in [1.82, 2.24) is 20.9 Å². The number of carboxylic acids is 1. The summed E-state index contributed by atoms with van der Waals surface area (Å²) in [6.07, 6.45) is 3.17. The lowest BCUT2D eigenvalue weighted by Crippen LogP contribution is -2.45. The van der Waals surface area contributed by atoms with Crippen molar-refractivity contribution in [2.24, 2.45) is 0 Å². The number of benzene rings is 2. The molecular weight excluding hydrogens is 458 g/mol. The summed E-state index contributed by atoms with van der Waals surface area (Å²) in [7, 11) is 0. The number of nitrogens with one attached hydrogen (secondary N) is 4. The highest BCUT2D eigenvalue weighted by Crippen LogP contribution is 2.29. The van der Waals surface area contributed by atoms with Crippen LogP contribution in [0.15, 0.2) is 65.9 Å². The van der Waals surface area contributed by atoms with Crippen molar-refractivity contribution in [3.8, 4) is 0 Å². The number of allylic oxidation sites excluding steroid dienone is 1. The number of carbonyl (C=O) groups excluding carboxylic acids is 2. The number of piperidine rings is 1. The quantitative estimate of drug-likeness (QED) is 0.360. The number of anilines is 1. The summed E-state index contributed by atoms with van der Waals surface area (Å²) in [6, 6.07) is 15.9. The van der Waals surface area contributed by atoms with E-state index in [1.807, 2.05) is 0 Å². The molecule has 0 radical (unpaired) electrons. The zero-order chi connectivity index (χ0) is 25.5. The van der Waals surface area contributed by atoms with Gasteiger partial charge in [-0.15, -0.1) is 0 Å². The van der Waals surface area contributed by atoms with Crippen LogP contribution in [0, 0.1) is 0 Å². The molecule has 4 amide bonds. The molecule has 9 nitrogen and oxygen atoms in total. The van der Waals surface area contributed by atoms with Crippen molar-refractivity contribution < 1.29 is 19.5 Å². The molecule has 190 valence electrons. The highest BCUT2D eigenvalue weighted by atomic mass is 16.4. The summed E-state index contributed by atoms with van der Waals surface area (Å²) in [5, 5.41) is 20.4. The van der Waals surface area contributed by atoms with Crippen LogP contribution in [0.1, 0.15) is 49.3 Å². The number of amides is 4. The minimum atomic E-state index is -1.12. The number of nitrogens with zero attached hydrogens (tertiary/aromatic N) is 1. The standard InChI is InChI=1S/C27H33N5O4/c1-18-23(25(33)34)24(31-27(36)29-18)21-9-5-10-22(17-21)30-26(35)28-13-6-14-32-15-11-20(12-16-32)19-7-3-2-4-8-19/h2-5,7-10,17,20,24H,6,11-16H2,1H3,(H,33,34)(H2,28,30,35)(H2,29,31,36). The minimum absolute atomic E-state index is 0.0593. The molecule has 0 aromatic heterocycles. The lowest BCUT2D eigenvalue weighted by Gasteiger charge is -2.32. The van der Waals surface area contributed by atoms with Gasteiger partial charge in [0.2, 0.25) is 0 Å². The molecule has 4 rings (SSSR count). The first-order chi connectivity index (χ1) is 17.4. The van der Waals surface area contributed by atoms with Crippen molar-refractivity contribution in [3.63, 3.8) is 0 Å². The first-order valence-electron chi connectivity index (χ1n) is 12.3. The average molecular weight is 492 g/mol. The van der Waals surface area contributed by atoms with E-state index in [4.69, 9.17) is 0 Å². The zero-order valence-electron chi connectivity index (χ0n) is 20.4. The second-order valence-corrected chi connectivity index (χ2v) is 9.26. The number of aliphatic carboxylic acids is 1. The summed E-state index contributed by atoms with van der Waals surface area (Å²) < 4.78 is 0. The van der Waals surface area contributed by atoms with Gasteiger partial charge in [-0.3, -0.25) is 0 Å². The largest absolute Gasteiger partial charge is 0.478 e. The molecule has 2 aromatic rings. The van der Waals surface area contributed by atoms with Gasteiger partial charge in [0.1, 0.15) is 0 Å². The summed E-state index contributed by atoms with van der Waals surface area (Å²) in [5.74, 6) is -0.489. The van der Waals surface area contributed by atoms with Gasteiger partial charge >= 0.3 is 18.0 Å². The van der Waals surface area contributed by atoms with Crippen molar-refractivity contribution >= 4 is 23.7 Å². The molecule has 36 heavy (non-hydrogen) atoms. The molecule has 0 spiro atoms. The van der Waals surface area contributed by atoms with Crippen LogP contribution in [0.25, 0.3) is 0 Å². The van der Waals surface area contributed by atoms with Crippen LogP contribution in [-0.2, 0) is 4.79 Å². The maximum absolute atomic E-state index is 12.4. The van der Waals surface area contributed by atoms with Gasteiger partial charge in [0.15, 0.2) is 0 Å². The molecule has 9 heteroatoms. The van der Waals surface area contributed by atoms with Gasteiger partial charge in [-0.25, -0.2) is 14.4 Å². The fourth-order valence-electron chi connectivity index (χ4n) is 4.92. The van der Waals surface area contributed by atoms with E-state index in [9.17, 15) is 19.5 Å². The number of carbonyl (C=O) groups is 3. The molecule has 2 aliphatic rings. The van der Waals surface area contributed by atoms with Crippen LogP contribution < -0.4 is 21.3 Å². The SMILES string of the molecule is CC1=C(C(=O)O)C(c2cccc(NC(=O)NCCCN3CCC(c4ccccc4)CC3)c2)NC(=O)N1. The van der Waals surface area contributed by atoms with Crippen molar-refractivity contribution in [2.45, 2.75) is 38.1 Å². The number of urea groups is 2. The van der Waals surface area contributed by atoms with Crippen molar-refractivity contribution in [3.05, 3.63) is 77.0 Å². The molecule has 0 saturated carbocycles. The Morgan fingerprint density at radius 1 is 1.06 bits per heavy atom. The number of hydrogen-bond donors (Lipinski definition) is 5. The molecule has 5 N–H and O–H groups in total. The predicted molar refractivity (Wildman–Crippen MR) is 138 cm³/mol. The minimum Gasteiger partial charge on any atom is -0.478 e. The van der Waals surface area contributed by atoms with Gasteiger partial charge in [-0.05, 0) is 75.0 Å². The predicted octanol–water partition coefficient (Wildman–Crippen LogP) is 3.79. The van der Waals surface area contributed by atoms with E-state index in [0.29, 0.717) is 23.7 Å². The molecule has 1 atom stereocenters. The lowest BCUT2D eigenvalue weighted by molar-refractivity contribution is -0.133. The molecule has 1 unspecified atom stereocenters. The van der Waals surface area contributed by atoms with E-state index in [2.05, 4.69) is 56.5 Å². The molecule has 2 aromatic carbocycles. The first kappa shape index (κ1) is 25.2. The van der Waals surface area contributed by atoms with Crippen LogP contribution in [0.2, 0.25) is 0 Å². The summed E-state index contributed by atoms with van der Waals surface area (Å²) in [4.78, 5) is 38.5. The fraction of sp³-hybridized carbons (Fsp3) is 0.370. The smallest absolute Gasteiger partial charge is 0.335 e. The summed E-state index contributed by atoms with van der Waals surface area (Å²) >= 11 is 0. The van der Waals surface area contributed by atoms with Gasteiger partial charge in [0.05, 0.1) is 11.6 Å². The van der Waals surface area contributed by atoms with E-state index >= 15 is 0 Å². The molecular formula is C27H33N5O4. The third-order valence-corrected chi connectivity index (χ3v) is 6.77. The Balaban J connectivity index is 1.22. The lowest BCUT2D eigenvalue weighted by atomic mass is 9.89. The van der Waals surface area contributed by atoms with Gasteiger partial charge in [0, 0.05) is 17.9 Å². The van der Waals surface area contributed by atoms with E-state index < -0.39 is 18.0 Å². The monoisotopic (exact) mass is 491 g/mol. The molecule has 2 heterocycles. The van der Waals surface area contributed by atoms with Crippen molar-refractivity contribution in [1.29, 1.82) is 0 Å². The summed E-state index contributed by atoms with van der Waals surface area (Å²) in [5.41, 5.74) is 2.86. The van der Waals surface area contributed by atoms with Gasteiger partial charge in [-0.2, -0.15) is 0 Å².